The van der Waals surface area contributed by atoms with Gasteiger partial charge in [0.15, 0.2) is 0 Å². The van der Waals surface area contributed by atoms with Gasteiger partial charge in [-0.2, -0.15) is 8.78 Å². The number of alkyl halides is 2. The minimum absolute atomic E-state index is 0.0826. The summed E-state index contributed by atoms with van der Waals surface area (Å²) in [7, 11) is 0. The summed E-state index contributed by atoms with van der Waals surface area (Å²) < 4.78 is 42.5. The fourth-order valence-electron chi connectivity index (χ4n) is 1.63. The number of ether oxygens (including phenoxy) is 1. The van der Waals surface area contributed by atoms with Crippen LogP contribution in [0.2, 0.25) is 0 Å². The Morgan fingerprint density at radius 1 is 1.10 bits per heavy atom. The van der Waals surface area contributed by atoms with Crippen LogP contribution in [-0.2, 0) is 6.54 Å². The summed E-state index contributed by atoms with van der Waals surface area (Å²) in [5.41, 5.74) is 1.19. The highest BCUT2D eigenvalue weighted by molar-refractivity contribution is 9.10. The van der Waals surface area contributed by atoms with Crippen molar-refractivity contribution in [1.29, 1.82) is 0 Å². The number of hydrogen-bond acceptors (Lipinski definition) is 2. The molecule has 1 N–H and O–H groups in total. The van der Waals surface area contributed by atoms with Gasteiger partial charge in [0.25, 0.3) is 0 Å². The lowest BCUT2D eigenvalue weighted by molar-refractivity contribution is -0.0498. The number of rotatable bonds is 5. The van der Waals surface area contributed by atoms with Gasteiger partial charge in [-0.15, -0.1) is 0 Å². The average Bonchev–Trinajstić information content (AvgIpc) is 2.41. The minimum Gasteiger partial charge on any atom is -0.435 e. The molecular weight excluding hydrogens is 335 g/mol. The highest BCUT2D eigenvalue weighted by atomic mass is 79.9. The first-order valence-corrected chi connectivity index (χ1v) is 6.56. The number of halogens is 4. The van der Waals surface area contributed by atoms with E-state index in [0.717, 1.165) is 4.47 Å². The van der Waals surface area contributed by atoms with Crippen molar-refractivity contribution < 1.29 is 17.9 Å². The molecule has 0 unspecified atom stereocenters. The monoisotopic (exact) mass is 345 g/mol. The third-order valence-electron chi connectivity index (χ3n) is 2.57. The standard InChI is InChI=1S/C14H11BrF3NO/c15-10-1-6-13(16)9(7-10)8-19-11-2-4-12(5-3-11)20-14(17)18/h1-7,14,19H,8H2. The second-order valence-electron chi connectivity index (χ2n) is 3.99. The van der Waals surface area contributed by atoms with Crippen LogP contribution in [0.15, 0.2) is 46.9 Å². The van der Waals surface area contributed by atoms with E-state index in [9.17, 15) is 13.2 Å². The van der Waals surface area contributed by atoms with Crippen LogP contribution in [0.25, 0.3) is 0 Å². The molecule has 106 valence electrons. The molecular formula is C14H11BrF3NO. The zero-order chi connectivity index (χ0) is 14.5. The maximum absolute atomic E-state index is 13.5. The molecule has 2 aromatic rings. The van der Waals surface area contributed by atoms with Crippen LogP contribution < -0.4 is 10.1 Å². The normalized spacial score (nSPS) is 10.7. The van der Waals surface area contributed by atoms with Crippen molar-refractivity contribution in [2.45, 2.75) is 13.2 Å². The van der Waals surface area contributed by atoms with Gasteiger partial charge in [0.1, 0.15) is 11.6 Å². The summed E-state index contributed by atoms with van der Waals surface area (Å²) in [5.74, 6) is -0.225. The fraction of sp³-hybridized carbons (Fsp3) is 0.143. The average molecular weight is 346 g/mol. The Labute approximate surface area is 122 Å². The van der Waals surface area contributed by atoms with Gasteiger partial charge in [0, 0.05) is 22.3 Å². The van der Waals surface area contributed by atoms with E-state index < -0.39 is 6.61 Å². The Hall–Kier alpha value is -1.69. The Balaban J connectivity index is 1.98. The number of hydrogen-bond donors (Lipinski definition) is 1. The van der Waals surface area contributed by atoms with Crippen LogP contribution in [0.3, 0.4) is 0 Å². The van der Waals surface area contributed by atoms with Crippen LogP contribution in [-0.4, -0.2) is 6.61 Å². The van der Waals surface area contributed by atoms with Gasteiger partial charge in [0.2, 0.25) is 0 Å². The maximum Gasteiger partial charge on any atom is 0.387 e. The first-order chi connectivity index (χ1) is 9.54. The minimum atomic E-state index is -2.84. The zero-order valence-electron chi connectivity index (χ0n) is 10.2. The lowest BCUT2D eigenvalue weighted by Gasteiger charge is -2.09. The molecule has 0 heterocycles. The Morgan fingerprint density at radius 3 is 2.45 bits per heavy atom. The second-order valence-corrected chi connectivity index (χ2v) is 4.91. The molecule has 0 amide bonds. The van der Waals surface area contributed by atoms with E-state index in [1.807, 2.05) is 0 Å². The van der Waals surface area contributed by atoms with Crippen molar-refractivity contribution in [2.24, 2.45) is 0 Å². The Kier molecular flexibility index (Phi) is 4.89. The predicted octanol–water partition coefficient (Wildman–Crippen LogP) is 4.80. The van der Waals surface area contributed by atoms with Crippen molar-refractivity contribution in [1.82, 2.24) is 0 Å². The van der Waals surface area contributed by atoms with Gasteiger partial charge in [-0.05, 0) is 42.5 Å². The van der Waals surface area contributed by atoms with Crippen LogP contribution in [0.4, 0.5) is 18.9 Å². The highest BCUT2D eigenvalue weighted by Gasteiger charge is 2.05. The van der Waals surface area contributed by atoms with E-state index in [-0.39, 0.29) is 11.6 Å². The SMILES string of the molecule is Fc1ccc(Br)cc1CNc1ccc(OC(F)F)cc1. The topological polar surface area (TPSA) is 21.3 Å². The molecule has 0 saturated heterocycles. The molecule has 2 aromatic carbocycles. The van der Waals surface area contributed by atoms with Crippen molar-refractivity contribution in [3.8, 4) is 5.75 Å². The van der Waals surface area contributed by atoms with E-state index in [1.165, 1.54) is 18.2 Å². The summed E-state index contributed by atoms with van der Waals surface area (Å²) in [6.45, 7) is -2.55. The summed E-state index contributed by atoms with van der Waals surface area (Å²) in [4.78, 5) is 0. The zero-order valence-corrected chi connectivity index (χ0v) is 11.8. The molecule has 0 fully saturated rings. The molecule has 0 aromatic heterocycles. The second kappa shape index (κ2) is 6.65. The van der Waals surface area contributed by atoms with Crippen molar-refractivity contribution in [3.63, 3.8) is 0 Å². The molecule has 2 rings (SSSR count). The van der Waals surface area contributed by atoms with Gasteiger partial charge >= 0.3 is 6.61 Å². The molecule has 2 nitrogen and oxygen atoms in total. The Morgan fingerprint density at radius 2 is 1.80 bits per heavy atom. The molecule has 0 aliphatic heterocycles. The van der Waals surface area contributed by atoms with Crippen LogP contribution in [0.5, 0.6) is 5.75 Å². The number of anilines is 1. The van der Waals surface area contributed by atoms with Gasteiger partial charge in [-0.25, -0.2) is 4.39 Å². The molecule has 0 radical (unpaired) electrons. The number of nitrogens with one attached hydrogen (secondary N) is 1. The predicted molar refractivity (Wildman–Crippen MR) is 74.5 cm³/mol. The summed E-state index contributed by atoms with van der Waals surface area (Å²) >= 11 is 3.27. The van der Waals surface area contributed by atoms with Crippen molar-refractivity contribution >= 4 is 21.6 Å². The molecule has 0 aliphatic rings. The van der Waals surface area contributed by atoms with Gasteiger partial charge < -0.3 is 10.1 Å². The van der Waals surface area contributed by atoms with Crippen LogP contribution in [0.1, 0.15) is 5.56 Å². The van der Waals surface area contributed by atoms with Gasteiger partial charge in [0.05, 0.1) is 0 Å². The van der Waals surface area contributed by atoms with Gasteiger partial charge in [-0.3, -0.25) is 0 Å². The lowest BCUT2D eigenvalue weighted by atomic mass is 10.2. The summed E-state index contributed by atoms with van der Waals surface area (Å²) in [6, 6.07) is 10.7. The first-order valence-electron chi connectivity index (χ1n) is 5.77. The Bertz CT molecular complexity index is 575. The molecule has 6 heteroatoms. The van der Waals surface area contributed by atoms with Crippen LogP contribution in [0, 0.1) is 5.82 Å². The van der Waals surface area contributed by atoms with Crippen LogP contribution >= 0.6 is 15.9 Å². The first kappa shape index (κ1) is 14.7. The van der Waals surface area contributed by atoms with E-state index in [0.29, 0.717) is 17.8 Å². The van der Waals surface area contributed by atoms with E-state index in [1.54, 1.807) is 24.3 Å². The summed E-state index contributed by atoms with van der Waals surface area (Å²) in [6.07, 6.45) is 0. The van der Waals surface area contributed by atoms with Crippen molar-refractivity contribution in [2.75, 3.05) is 5.32 Å². The number of benzene rings is 2. The van der Waals surface area contributed by atoms with E-state index in [2.05, 4.69) is 26.0 Å². The third-order valence-corrected chi connectivity index (χ3v) is 3.06. The molecule has 0 bridgehead atoms. The lowest BCUT2D eigenvalue weighted by Crippen LogP contribution is -2.03. The maximum atomic E-state index is 13.5. The molecule has 20 heavy (non-hydrogen) atoms. The smallest absolute Gasteiger partial charge is 0.387 e. The largest absolute Gasteiger partial charge is 0.435 e. The van der Waals surface area contributed by atoms with E-state index >= 15 is 0 Å². The quantitative estimate of drug-likeness (QED) is 0.840. The van der Waals surface area contributed by atoms with Crippen molar-refractivity contribution in [3.05, 3.63) is 58.3 Å². The third kappa shape index (κ3) is 4.16. The van der Waals surface area contributed by atoms with E-state index in [4.69, 9.17) is 0 Å². The summed E-state index contributed by atoms with van der Waals surface area (Å²) in [5, 5.41) is 3.01. The van der Waals surface area contributed by atoms with Gasteiger partial charge in [-0.1, -0.05) is 15.9 Å². The fourth-order valence-corrected chi connectivity index (χ4v) is 2.04. The highest BCUT2D eigenvalue weighted by Crippen LogP contribution is 2.20. The molecule has 0 atom stereocenters. The molecule has 0 spiro atoms. The molecule has 0 saturated carbocycles. The molecule has 0 aliphatic carbocycles.